The van der Waals surface area contributed by atoms with Crippen LogP contribution < -0.4 is 5.32 Å². The molecule has 0 saturated heterocycles. The zero-order valence-corrected chi connectivity index (χ0v) is 13.3. The fraction of sp³-hybridized carbons (Fsp3) is 0.529. The summed E-state index contributed by atoms with van der Waals surface area (Å²) in [5, 5.41) is 2.72. The first-order chi connectivity index (χ1) is 9.80. The monoisotopic (exact) mass is 288 g/mol. The predicted molar refractivity (Wildman–Crippen MR) is 82.7 cm³/mol. The molecule has 0 heterocycles. The minimum Gasteiger partial charge on any atom is -0.347 e. The van der Waals surface area contributed by atoms with Crippen molar-refractivity contribution in [3.63, 3.8) is 0 Å². The van der Waals surface area contributed by atoms with Crippen molar-refractivity contribution < 1.29 is 9.59 Å². The highest BCUT2D eigenvalue weighted by molar-refractivity contribution is 5.87. The molecular formula is C17H24N2O2. The van der Waals surface area contributed by atoms with Gasteiger partial charge in [-0.2, -0.15) is 0 Å². The van der Waals surface area contributed by atoms with Gasteiger partial charge in [-0.15, -0.1) is 0 Å². The number of rotatable bonds is 3. The molecule has 0 radical (unpaired) electrons. The summed E-state index contributed by atoms with van der Waals surface area (Å²) in [6.45, 7) is 5.57. The molecule has 0 bridgehead atoms. The summed E-state index contributed by atoms with van der Waals surface area (Å²) in [6, 6.07) is 8.38. The Morgan fingerprint density at radius 1 is 1.29 bits per heavy atom. The number of hydrogen-bond donors (Lipinski definition) is 1. The molecule has 1 unspecified atom stereocenters. The van der Waals surface area contributed by atoms with Crippen LogP contribution in [0.25, 0.3) is 0 Å². The first-order valence-electron chi connectivity index (χ1n) is 7.42. The van der Waals surface area contributed by atoms with Crippen LogP contribution in [0.4, 0.5) is 0 Å². The lowest BCUT2D eigenvalue weighted by molar-refractivity contribution is -0.135. The van der Waals surface area contributed by atoms with Gasteiger partial charge in [-0.3, -0.25) is 9.59 Å². The molecule has 0 saturated carbocycles. The molecule has 2 rings (SSSR count). The van der Waals surface area contributed by atoms with Crippen LogP contribution in [0.15, 0.2) is 24.3 Å². The van der Waals surface area contributed by atoms with Gasteiger partial charge in [0.25, 0.3) is 0 Å². The number of benzene rings is 1. The van der Waals surface area contributed by atoms with Gasteiger partial charge in [0.2, 0.25) is 11.8 Å². The van der Waals surface area contributed by atoms with E-state index in [1.807, 2.05) is 40.0 Å². The van der Waals surface area contributed by atoms with Gasteiger partial charge in [-0.1, -0.05) is 45.0 Å². The molecule has 0 aliphatic heterocycles. The molecule has 4 heteroatoms. The Kier molecular flexibility index (Phi) is 4.35. The molecule has 114 valence electrons. The number of nitrogens with one attached hydrogen (secondary N) is 1. The third kappa shape index (κ3) is 3.43. The molecule has 1 aliphatic rings. The third-order valence-electron chi connectivity index (χ3n) is 4.04. The molecule has 0 fully saturated rings. The molecule has 2 amide bonds. The van der Waals surface area contributed by atoms with Crippen LogP contribution in [0.1, 0.15) is 44.4 Å². The minimum atomic E-state index is -0.473. The second-order valence-electron chi connectivity index (χ2n) is 6.69. The van der Waals surface area contributed by atoms with E-state index in [1.54, 1.807) is 4.90 Å². The van der Waals surface area contributed by atoms with Gasteiger partial charge in [-0.05, 0) is 24.0 Å². The molecule has 21 heavy (non-hydrogen) atoms. The summed E-state index contributed by atoms with van der Waals surface area (Å²) in [5.74, 6) is -0.148. The molecular weight excluding hydrogens is 264 g/mol. The highest BCUT2D eigenvalue weighted by atomic mass is 16.2. The van der Waals surface area contributed by atoms with Crippen LogP contribution in [0.3, 0.4) is 0 Å². The quantitative estimate of drug-likeness (QED) is 0.927. The van der Waals surface area contributed by atoms with Crippen LogP contribution in [-0.4, -0.2) is 30.3 Å². The first-order valence-corrected chi connectivity index (χ1v) is 7.42. The van der Waals surface area contributed by atoms with E-state index in [1.165, 1.54) is 11.1 Å². The first kappa shape index (κ1) is 15.5. The third-order valence-corrected chi connectivity index (χ3v) is 4.04. The van der Waals surface area contributed by atoms with Gasteiger partial charge < -0.3 is 10.2 Å². The average molecular weight is 288 g/mol. The molecule has 1 aromatic carbocycles. The lowest BCUT2D eigenvalue weighted by atomic mass is 9.96. The summed E-state index contributed by atoms with van der Waals surface area (Å²) >= 11 is 0. The Hall–Kier alpha value is -1.84. The zero-order valence-electron chi connectivity index (χ0n) is 13.3. The summed E-state index contributed by atoms with van der Waals surface area (Å²) in [5.41, 5.74) is 2.08. The molecule has 4 nitrogen and oxygen atoms in total. The van der Waals surface area contributed by atoms with E-state index in [9.17, 15) is 9.59 Å². The predicted octanol–water partition coefficient (Wildman–Crippen LogP) is 2.29. The average Bonchev–Trinajstić information content (AvgIpc) is 2.86. The number of carbonyl (C=O) groups is 2. The summed E-state index contributed by atoms with van der Waals surface area (Å²) in [7, 11) is 1.82. The SMILES string of the molecule is CN(C(=O)CNC(=O)C(C)(C)C)C1CCc2ccccc21. The van der Waals surface area contributed by atoms with Crippen LogP contribution >= 0.6 is 0 Å². The highest BCUT2D eigenvalue weighted by Crippen LogP contribution is 2.34. The molecule has 0 aromatic heterocycles. The number of likely N-dealkylation sites (N-methyl/N-ethyl adjacent to an activating group) is 1. The smallest absolute Gasteiger partial charge is 0.242 e. The number of carbonyl (C=O) groups excluding carboxylic acids is 2. The van der Waals surface area contributed by atoms with Crippen molar-refractivity contribution in [2.45, 2.75) is 39.7 Å². The lowest BCUT2D eigenvalue weighted by Gasteiger charge is -2.26. The van der Waals surface area contributed by atoms with E-state index < -0.39 is 5.41 Å². The highest BCUT2D eigenvalue weighted by Gasteiger charge is 2.29. The number of hydrogen-bond acceptors (Lipinski definition) is 2. The number of amides is 2. The van der Waals surface area contributed by atoms with E-state index in [-0.39, 0.29) is 24.4 Å². The van der Waals surface area contributed by atoms with Crippen molar-refractivity contribution in [3.8, 4) is 0 Å². The van der Waals surface area contributed by atoms with Crippen LogP contribution in [0, 0.1) is 5.41 Å². The summed E-state index contributed by atoms with van der Waals surface area (Å²) < 4.78 is 0. The Bertz CT molecular complexity index is 546. The minimum absolute atomic E-state index is 0.0469. The van der Waals surface area contributed by atoms with Crippen molar-refractivity contribution in [2.75, 3.05) is 13.6 Å². The zero-order chi connectivity index (χ0) is 15.6. The number of fused-ring (bicyclic) bond motifs is 1. The van der Waals surface area contributed by atoms with E-state index in [2.05, 4.69) is 17.4 Å². The van der Waals surface area contributed by atoms with Gasteiger partial charge >= 0.3 is 0 Å². The van der Waals surface area contributed by atoms with Crippen molar-refractivity contribution >= 4 is 11.8 Å². The largest absolute Gasteiger partial charge is 0.347 e. The van der Waals surface area contributed by atoms with E-state index in [0.29, 0.717) is 0 Å². The molecule has 0 spiro atoms. The second-order valence-corrected chi connectivity index (χ2v) is 6.69. The molecule has 1 atom stereocenters. The molecule has 1 aromatic rings. The topological polar surface area (TPSA) is 49.4 Å². The van der Waals surface area contributed by atoms with Crippen molar-refractivity contribution in [2.24, 2.45) is 5.41 Å². The summed E-state index contributed by atoms with van der Waals surface area (Å²) in [4.78, 5) is 25.9. The molecule has 1 aliphatic carbocycles. The van der Waals surface area contributed by atoms with Gasteiger partial charge in [0.1, 0.15) is 0 Å². The maximum Gasteiger partial charge on any atom is 0.242 e. The fourth-order valence-electron chi connectivity index (χ4n) is 2.66. The Morgan fingerprint density at radius 2 is 1.95 bits per heavy atom. The number of nitrogens with zero attached hydrogens (tertiary/aromatic N) is 1. The standard InChI is InChI=1S/C17H24N2O2/c1-17(2,3)16(21)18-11-15(20)19(4)14-10-9-12-7-5-6-8-13(12)14/h5-8,14H,9-11H2,1-4H3,(H,18,21). The lowest BCUT2D eigenvalue weighted by Crippen LogP contribution is -2.43. The Balaban J connectivity index is 1.97. The van der Waals surface area contributed by atoms with Gasteiger partial charge in [0.15, 0.2) is 0 Å². The van der Waals surface area contributed by atoms with E-state index >= 15 is 0 Å². The van der Waals surface area contributed by atoms with E-state index in [4.69, 9.17) is 0 Å². The van der Waals surface area contributed by atoms with Gasteiger partial charge in [0, 0.05) is 12.5 Å². The van der Waals surface area contributed by atoms with Crippen molar-refractivity contribution in [3.05, 3.63) is 35.4 Å². The normalized spacial score (nSPS) is 17.2. The van der Waals surface area contributed by atoms with E-state index in [0.717, 1.165) is 12.8 Å². The maximum absolute atomic E-state index is 12.3. The van der Waals surface area contributed by atoms with Crippen LogP contribution in [0.2, 0.25) is 0 Å². The second kappa shape index (κ2) is 5.88. The van der Waals surface area contributed by atoms with Crippen molar-refractivity contribution in [1.29, 1.82) is 0 Å². The fourth-order valence-corrected chi connectivity index (χ4v) is 2.66. The van der Waals surface area contributed by atoms with Gasteiger partial charge in [-0.25, -0.2) is 0 Å². The Morgan fingerprint density at radius 3 is 2.62 bits per heavy atom. The maximum atomic E-state index is 12.3. The Labute approximate surface area is 126 Å². The van der Waals surface area contributed by atoms with Gasteiger partial charge in [0.05, 0.1) is 12.6 Å². The van der Waals surface area contributed by atoms with Crippen molar-refractivity contribution in [1.82, 2.24) is 10.2 Å². The number of aryl methyl sites for hydroxylation is 1. The molecule has 1 N–H and O–H groups in total. The van der Waals surface area contributed by atoms with Crippen LogP contribution in [0.5, 0.6) is 0 Å². The summed E-state index contributed by atoms with van der Waals surface area (Å²) in [6.07, 6.45) is 1.96. The van der Waals surface area contributed by atoms with Crippen LogP contribution in [-0.2, 0) is 16.0 Å².